The number of rotatable bonds is 8. The number of carboxylic acids is 1. The predicted octanol–water partition coefficient (Wildman–Crippen LogP) is 1.36. The van der Waals surface area contributed by atoms with E-state index in [4.69, 9.17) is 4.74 Å². The fourth-order valence-electron chi connectivity index (χ4n) is 3.45. The maximum atomic E-state index is 12.4. The molecule has 0 saturated carbocycles. The molecule has 28 heavy (non-hydrogen) atoms. The van der Waals surface area contributed by atoms with Crippen molar-refractivity contribution in [2.75, 3.05) is 19.4 Å². The van der Waals surface area contributed by atoms with Gasteiger partial charge in [0, 0.05) is 12.3 Å². The summed E-state index contributed by atoms with van der Waals surface area (Å²) in [6.07, 6.45) is 1.62. The molecule has 0 spiro atoms. The molecule has 0 aliphatic carbocycles. The highest BCUT2D eigenvalue weighted by molar-refractivity contribution is 8.00. The van der Waals surface area contributed by atoms with Gasteiger partial charge in [0.25, 0.3) is 11.8 Å². The van der Waals surface area contributed by atoms with Crippen LogP contribution in [0, 0.1) is 5.92 Å². The summed E-state index contributed by atoms with van der Waals surface area (Å²) in [5, 5.41) is 12.8. The van der Waals surface area contributed by atoms with Crippen LogP contribution >= 0.6 is 11.8 Å². The summed E-state index contributed by atoms with van der Waals surface area (Å²) < 4.78 is 4.72. The number of esters is 1. The van der Waals surface area contributed by atoms with Crippen LogP contribution in [-0.2, 0) is 14.3 Å². The van der Waals surface area contributed by atoms with E-state index >= 15 is 0 Å². The Balaban J connectivity index is 1.53. The lowest BCUT2D eigenvalue weighted by Gasteiger charge is -2.20. The molecule has 1 aromatic rings. The monoisotopic (exact) mass is 406 g/mol. The second kappa shape index (κ2) is 8.74. The van der Waals surface area contributed by atoms with Crippen molar-refractivity contribution >= 4 is 35.5 Å². The summed E-state index contributed by atoms with van der Waals surface area (Å²) >= 11 is 1.60. The van der Waals surface area contributed by atoms with Crippen LogP contribution in [0.2, 0.25) is 0 Å². The Morgan fingerprint density at radius 1 is 1.29 bits per heavy atom. The third-order valence-electron chi connectivity index (χ3n) is 4.99. The lowest BCUT2D eigenvalue weighted by Crippen LogP contribution is -2.38. The number of benzene rings is 1. The average molecular weight is 406 g/mol. The molecule has 8 nitrogen and oxygen atoms in total. The lowest BCUT2D eigenvalue weighted by atomic mass is 10.0. The molecule has 2 aliphatic rings. The number of amides is 2. The zero-order chi connectivity index (χ0) is 20.3. The first-order valence-electron chi connectivity index (χ1n) is 9.06. The summed E-state index contributed by atoms with van der Waals surface area (Å²) in [5.74, 6) is -2.43. The van der Waals surface area contributed by atoms with Crippen LogP contribution in [0.5, 0.6) is 0 Å². The van der Waals surface area contributed by atoms with Gasteiger partial charge in [0.1, 0.15) is 6.04 Å². The fraction of sp³-hybridized carbons (Fsp3) is 0.474. The van der Waals surface area contributed by atoms with Gasteiger partial charge in [0.05, 0.1) is 29.5 Å². The molecule has 0 aromatic heterocycles. The molecular formula is C19H22N2O6S. The lowest BCUT2D eigenvalue weighted by molar-refractivity contribution is -0.143. The molecule has 1 fully saturated rings. The van der Waals surface area contributed by atoms with Gasteiger partial charge >= 0.3 is 11.9 Å². The number of nitrogens with zero attached hydrogens (tertiary/aromatic N) is 1. The van der Waals surface area contributed by atoms with Crippen LogP contribution in [0.25, 0.3) is 0 Å². The number of carbonyl (C=O) groups excluding carboxylic acids is 3. The highest BCUT2D eigenvalue weighted by Gasteiger charge is 2.38. The van der Waals surface area contributed by atoms with Crippen molar-refractivity contribution in [3.8, 4) is 0 Å². The first-order valence-corrected chi connectivity index (χ1v) is 10.1. The molecule has 3 rings (SSSR count). The Hall–Kier alpha value is -2.39. The summed E-state index contributed by atoms with van der Waals surface area (Å²) in [6, 6.07) is 6.16. The van der Waals surface area contributed by atoms with Crippen molar-refractivity contribution in [1.29, 1.82) is 0 Å². The molecule has 1 aromatic carbocycles. The zero-order valence-electron chi connectivity index (χ0n) is 15.4. The first kappa shape index (κ1) is 20.3. The number of hydrogen-bond acceptors (Lipinski definition) is 7. The standard InChI is InChI=1S/C19H22N2O6S/c1-27-19(26)14-10-28-15(20-14)8-4-5-11(18(24)25)9-21-16(22)12-6-2-3-7-13(12)17(21)23/h2-3,6-7,11,14-15,20H,4-5,8-10H2,1H3,(H,24,25)/t11?,14?,15-/m1/s1. The predicted molar refractivity (Wildman–Crippen MR) is 102 cm³/mol. The Labute approximate surface area is 166 Å². The van der Waals surface area contributed by atoms with E-state index in [2.05, 4.69) is 5.32 Å². The maximum absolute atomic E-state index is 12.4. The molecule has 2 amide bonds. The van der Waals surface area contributed by atoms with Gasteiger partial charge in [0.2, 0.25) is 0 Å². The number of nitrogens with one attached hydrogen (secondary N) is 1. The largest absolute Gasteiger partial charge is 0.481 e. The number of thioether (sulfide) groups is 1. The van der Waals surface area contributed by atoms with Gasteiger partial charge in [-0.1, -0.05) is 18.6 Å². The van der Waals surface area contributed by atoms with Gasteiger partial charge < -0.3 is 9.84 Å². The normalized spacial score (nSPS) is 22.2. The zero-order valence-corrected chi connectivity index (χ0v) is 16.2. The van der Waals surface area contributed by atoms with Gasteiger partial charge in [-0.25, -0.2) is 0 Å². The SMILES string of the molecule is COC(=O)C1CS[C@H](CCCC(CN2C(=O)c3ccccc3C2=O)C(=O)O)N1. The summed E-state index contributed by atoms with van der Waals surface area (Å²) in [5.41, 5.74) is 0.633. The van der Waals surface area contributed by atoms with Gasteiger partial charge in [-0.05, 0) is 25.0 Å². The highest BCUT2D eigenvalue weighted by atomic mass is 32.2. The van der Waals surface area contributed by atoms with Crippen molar-refractivity contribution in [3.63, 3.8) is 0 Å². The van der Waals surface area contributed by atoms with E-state index in [0.717, 1.165) is 4.90 Å². The van der Waals surface area contributed by atoms with E-state index in [1.807, 2.05) is 0 Å². The third-order valence-corrected chi connectivity index (χ3v) is 6.29. The average Bonchev–Trinajstić information content (AvgIpc) is 3.25. The van der Waals surface area contributed by atoms with Crippen molar-refractivity contribution in [1.82, 2.24) is 10.2 Å². The van der Waals surface area contributed by atoms with Crippen LogP contribution in [-0.4, -0.2) is 64.6 Å². The Morgan fingerprint density at radius 2 is 1.93 bits per heavy atom. The molecule has 3 atom stereocenters. The number of fused-ring (bicyclic) bond motifs is 1. The number of hydrogen-bond donors (Lipinski definition) is 2. The van der Waals surface area contributed by atoms with Crippen LogP contribution in [0.1, 0.15) is 40.0 Å². The molecule has 2 heterocycles. The molecule has 150 valence electrons. The number of carboxylic acid groups (broad SMARTS) is 1. The number of methoxy groups -OCH3 is 1. The number of imide groups is 1. The quantitative estimate of drug-likeness (QED) is 0.491. The molecule has 2 aliphatic heterocycles. The van der Waals surface area contributed by atoms with Gasteiger partial charge in [-0.15, -0.1) is 11.8 Å². The van der Waals surface area contributed by atoms with Crippen LogP contribution < -0.4 is 5.32 Å². The van der Waals surface area contributed by atoms with E-state index in [1.165, 1.54) is 7.11 Å². The molecular weight excluding hydrogens is 384 g/mol. The van der Waals surface area contributed by atoms with E-state index in [0.29, 0.717) is 36.1 Å². The van der Waals surface area contributed by atoms with Crippen molar-refractivity contribution in [2.45, 2.75) is 30.7 Å². The second-order valence-electron chi connectivity index (χ2n) is 6.80. The van der Waals surface area contributed by atoms with Crippen molar-refractivity contribution < 1.29 is 29.0 Å². The molecule has 1 saturated heterocycles. The van der Waals surface area contributed by atoms with Crippen molar-refractivity contribution in [3.05, 3.63) is 35.4 Å². The number of aliphatic carboxylic acids is 1. The summed E-state index contributed by atoms with van der Waals surface area (Å²) in [6.45, 7) is -0.141. The van der Waals surface area contributed by atoms with Gasteiger partial charge in [-0.2, -0.15) is 0 Å². The molecule has 9 heteroatoms. The molecule has 2 N–H and O–H groups in total. The van der Waals surface area contributed by atoms with E-state index in [9.17, 15) is 24.3 Å². The third kappa shape index (κ3) is 4.20. The summed E-state index contributed by atoms with van der Waals surface area (Å²) in [4.78, 5) is 49.1. The van der Waals surface area contributed by atoms with Crippen molar-refractivity contribution in [2.24, 2.45) is 5.92 Å². The highest BCUT2D eigenvalue weighted by Crippen LogP contribution is 2.27. The first-order chi connectivity index (χ1) is 13.4. The number of ether oxygens (including phenoxy) is 1. The van der Waals surface area contributed by atoms with E-state index < -0.39 is 23.7 Å². The van der Waals surface area contributed by atoms with Crippen LogP contribution in [0.3, 0.4) is 0 Å². The van der Waals surface area contributed by atoms with E-state index in [1.54, 1.807) is 36.0 Å². The van der Waals surface area contributed by atoms with E-state index in [-0.39, 0.29) is 23.9 Å². The van der Waals surface area contributed by atoms with Gasteiger partial charge in [0.15, 0.2) is 0 Å². The van der Waals surface area contributed by atoms with Gasteiger partial charge in [-0.3, -0.25) is 29.4 Å². The number of carbonyl (C=O) groups is 4. The topological polar surface area (TPSA) is 113 Å². The molecule has 0 bridgehead atoms. The Bertz CT molecular complexity index is 763. The fourth-order valence-corrected chi connectivity index (χ4v) is 4.70. The Kier molecular flexibility index (Phi) is 6.35. The maximum Gasteiger partial charge on any atom is 0.323 e. The minimum Gasteiger partial charge on any atom is -0.481 e. The molecule has 2 unspecified atom stereocenters. The second-order valence-corrected chi connectivity index (χ2v) is 8.03. The Morgan fingerprint density at radius 3 is 2.50 bits per heavy atom. The van der Waals surface area contributed by atoms with Crippen LogP contribution in [0.15, 0.2) is 24.3 Å². The molecule has 0 radical (unpaired) electrons. The minimum absolute atomic E-state index is 0.0536. The smallest absolute Gasteiger partial charge is 0.323 e. The van der Waals surface area contributed by atoms with Crippen LogP contribution in [0.4, 0.5) is 0 Å². The summed E-state index contributed by atoms with van der Waals surface area (Å²) in [7, 11) is 1.35. The minimum atomic E-state index is -1.03.